The number of nitrogens with zero attached hydrogens (tertiary/aromatic N) is 1. The van der Waals surface area contributed by atoms with Crippen molar-refractivity contribution in [2.75, 3.05) is 11.9 Å². The number of non-ortho nitro benzene ring substituents is 1. The van der Waals surface area contributed by atoms with Gasteiger partial charge in [0.1, 0.15) is 5.82 Å². The molecule has 124 valence electrons. The number of carbonyl (C=O) groups excluding carboxylic acids is 2. The molecule has 0 heterocycles. The molecule has 24 heavy (non-hydrogen) atoms. The van der Waals surface area contributed by atoms with E-state index in [1.54, 1.807) is 6.07 Å². The zero-order valence-electron chi connectivity index (χ0n) is 12.4. The van der Waals surface area contributed by atoms with Crippen LogP contribution < -0.4 is 5.32 Å². The minimum atomic E-state index is -0.667. The van der Waals surface area contributed by atoms with Crippen molar-refractivity contribution >= 4 is 23.3 Å². The molecular weight excluding hydrogens is 319 g/mol. The van der Waals surface area contributed by atoms with E-state index >= 15 is 0 Å². The lowest BCUT2D eigenvalue weighted by molar-refractivity contribution is -0.384. The van der Waals surface area contributed by atoms with E-state index in [4.69, 9.17) is 4.74 Å². The molecule has 1 N–H and O–H groups in total. The van der Waals surface area contributed by atoms with Gasteiger partial charge in [0.25, 0.3) is 11.6 Å². The molecular formula is C16H13FN2O5. The Morgan fingerprint density at radius 2 is 1.88 bits per heavy atom. The van der Waals surface area contributed by atoms with E-state index in [2.05, 4.69) is 5.32 Å². The Morgan fingerprint density at radius 1 is 1.17 bits per heavy atom. The second kappa shape index (κ2) is 7.82. The normalized spacial score (nSPS) is 10.0. The van der Waals surface area contributed by atoms with Gasteiger partial charge in [0.05, 0.1) is 11.3 Å². The monoisotopic (exact) mass is 332 g/mol. The van der Waals surface area contributed by atoms with Crippen molar-refractivity contribution in [2.45, 2.75) is 6.42 Å². The van der Waals surface area contributed by atoms with Crippen LogP contribution in [0.4, 0.5) is 15.8 Å². The van der Waals surface area contributed by atoms with E-state index < -0.39 is 29.2 Å². The van der Waals surface area contributed by atoms with Crippen LogP contribution in [0.15, 0.2) is 48.5 Å². The second-order valence-electron chi connectivity index (χ2n) is 4.82. The van der Waals surface area contributed by atoms with Crippen LogP contribution >= 0.6 is 0 Å². The van der Waals surface area contributed by atoms with E-state index in [1.807, 2.05) is 0 Å². The smallest absolute Gasteiger partial charge is 0.310 e. The lowest BCUT2D eigenvalue weighted by Gasteiger charge is -2.06. The Balaban J connectivity index is 1.80. The molecule has 0 spiro atoms. The van der Waals surface area contributed by atoms with E-state index in [9.17, 15) is 24.1 Å². The number of rotatable bonds is 6. The molecule has 0 saturated carbocycles. The lowest BCUT2D eigenvalue weighted by atomic mass is 10.1. The number of nitrogens with one attached hydrogen (secondary N) is 1. The number of hydrogen-bond acceptors (Lipinski definition) is 5. The molecule has 0 aliphatic carbocycles. The van der Waals surface area contributed by atoms with Gasteiger partial charge in [-0.25, -0.2) is 4.39 Å². The quantitative estimate of drug-likeness (QED) is 0.498. The van der Waals surface area contributed by atoms with Gasteiger partial charge in [0.15, 0.2) is 6.61 Å². The molecule has 1 amide bonds. The fourth-order valence-corrected chi connectivity index (χ4v) is 1.87. The number of ether oxygens (including phenoxy) is 1. The summed E-state index contributed by atoms with van der Waals surface area (Å²) in [6.45, 7) is -0.509. The van der Waals surface area contributed by atoms with Crippen LogP contribution in [-0.4, -0.2) is 23.4 Å². The van der Waals surface area contributed by atoms with E-state index in [0.29, 0.717) is 11.3 Å². The van der Waals surface area contributed by atoms with Crippen molar-refractivity contribution in [3.63, 3.8) is 0 Å². The van der Waals surface area contributed by atoms with Crippen molar-refractivity contribution in [1.82, 2.24) is 0 Å². The highest BCUT2D eigenvalue weighted by atomic mass is 19.1. The van der Waals surface area contributed by atoms with Crippen molar-refractivity contribution in [2.24, 2.45) is 0 Å². The Bertz CT molecular complexity index is 761. The highest BCUT2D eigenvalue weighted by Gasteiger charge is 2.10. The summed E-state index contributed by atoms with van der Waals surface area (Å²) in [5.41, 5.74) is 0.678. The fraction of sp³-hybridized carbons (Fsp3) is 0.125. The minimum absolute atomic E-state index is 0.102. The van der Waals surface area contributed by atoms with Crippen LogP contribution in [0.5, 0.6) is 0 Å². The Labute approximate surface area is 136 Å². The summed E-state index contributed by atoms with van der Waals surface area (Å²) in [5, 5.41) is 13.0. The average Bonchev–Trinajstić information content (AvgIpc) is 2.53. The molecule has 0 atom stereocenters. The predicted octanol–water partition coefficient (Wildman–Crippen LogP) is 2.46. The first-order valence-corrected chi connectivity index (χ1v) is 6.88. The van der Waals surface area contributed by atoms with Crippen molar-refractivity contribution in [3.05, 3.63) is 70.0 Å². The summed E-state index contributed by atoms with van der Waals surface area (Å²) in [5.74, 6) is -1.72. The maximum absolute atomic E-state index is 13.0. The van der Waals surface area contributed by atoms with Gasteiger partial charge in [0, 0.05) is 17.8 Å². The van der Waals surface area contributed by atoms with Crippen LogP contribution in [0.1, 0.15) is 5.56 Å². The second-order valence-corrected chi connectivity index (χ2v) is 4.82. The zero-order valence-corrected chi connectivity index (χ0v) is 12.4. The van der Waals surface area contributed by atoms with Crippen LogP contribution in [0, 0.1) is 15.9 Å². The molecule has 7 nitrogen and oxygen atoms in total. The minimum Gasteiger partial charge on any atom is -0.455 e. The van der Waals surface area contributed by atoms with E-state index in [0.717, 1.165) is 0 Å². The number of nitro benzene ring substituents is 1. The zero-order chi connectivity index (χ0) is 17.5. The standard InChI is InChI=1S/C16H13FN2O5/c17-12-3-1-2-11(8-12)9-16(21)24-10-15(20)18-13-4-6-14(7-5-13)19(22)23/h1-8H,9-10H2,(H,18,20). The van der Waals surface area contributed by atoms with Gasteiger partial charge in [0.2, 0.25) is 0 Å². The first-order valence-electron chi connectivity index (χ1n) is 6.88. The summed E-state index contributed by atoms with van der Waals surface area (Å²) in [6, 6.07) is 10.7. The Morgan fingerprint density at radius 3 is 2.50 bits per heavy atom. The van der Waals surface area contributed by atoms with Crippen LogP contribution in [0.3, 0.4) is 0 Å². The summed E-state index contributed by atoms with van der Waals surface area (Å²) in [4.78, 5) is 33.2. The highest BCUT2D eigenvalue weighted by Crippen LogP contribution is 2.15. The number of amides is 1. The molecule has 0 bridgehead atoms. The molecule has 0 aliphatic rings. The lowest BCUT2D eigenvalue weighted by Crippen LogP contribution is -2.21. The maximum atomic E-state index is 13.0. The summed E-state index contributed by atoms with van der Waals surface area (Å²) < 4.78 is 17.8. The van der Waals surface area contributed by atoms with E-state index in [1.165, 1.54) is 42.5 Å². The molecule has 2 aromatic carbocycles. The molecule has 0 unspecified atom stereocenters. The first-order chi connectivity index (χ1) is 11.4. The van der Waals surface area contributed by atoms with E-state index in [-0.39, 0.29) is 12.1 Å². The van der Waals surface area contributed by atoms with Gasteiger partial charge in [-0.2, -0.15) is 0 Å². The average molecular weight is 332 g/mol. The third-order valence-electron chi connectivity index (χ3n) is 2.96. The number of hydrogen-bond donors (Lipinski definition) is 1. The SMILES string of the molecule is O=C(COC(=O)Cc1cccc(F)c1)Nc1ccc([N+](=O)[O-])cc1. The van der Waals surface area contributed by atoms with Crippen LogP contribution in [0.2, 0.25) is 0 Å². The summed E-state index contributed by atoms with van der Waals surface area (Å²) in [6.07, 6.45) is -0.150. The third kappa shape index (κ3) is 5.16. The van der Waals surface area contributed by atoms with Gasteiger partial charge < -0.3 is 10.1 Å². The molecule has 0 radical (unpaired) electrons. The summed E-state index contributed by atoms with van der Waals surface area (Å²) >= 11 is 0. The van der Waals surface area contributed by atoms with Gasteiger partial charge in [-0.1, -0.05) is 12.1 Å². The highest BCUT2D eigenvalue weighted by molar-refractivity contribution is 5.92. The predicted molar refractivity (Wildman–Crippen MR) is 82.8 cm³/mol. The number of benzene rings is 2. The number of anilines is 1. The number of carbonyl (C=O) groups is 2. The topological polar surface area (TPSA) is 98.5 Å². The van der Waals surface area contributed by atoms with Gasteiger partial charge in [-0.3, -0.25) is 19.7 Å². The molecule has 2 rings (SSSR count). The van der Waals surface area contributed by atoms with Crippen molar-refractivity contribution in [1.29, 1.82) is 0 Å². The fourth-order valence-electron chi connectivity index (χ4n) is 1.87. The number of halogens is 1. The molecule has 0 aliphatic heterocycles. The number of nitro groups is 1. The van der Waals surface area contributed by atoms with Gasteiger partial charge in [-0.15, -0.1) is 0 Å². The largest absolute Gasteiger partial charge is 0.455 e. The first kappa shape index (κ1) is 17.1. The maximum Gasteiger partial charge on any atom is 0.310 e. The van der Waals surface area contributed by atoms with Gasteiger partial charge in [-0.05, 0) is 29.8 Å². The molecule has 0 saturated heterocycles. The molecule has 0 fully saturated rings. The van der Waals surface area contributed by atoms with Crippen molar-refractivity contribution in [3.8, 4) is 0 Å². The molecule has 0 aromatic heterocycles. The Kier molecular flexibility index (Phi) is 5.56. The van der Waals surface area contributed by atoms with Crippen LogP contribution in [-0.2, 0) is 20.7 Å². The van der Waals surface area contributed by atoms with Crippen LogP contribution in [0.25, 0.3) is 0 Å². The third-order valence-corrected chi connectivity index (χ3v) is 2.96. The summed E-state index contributed by atoms with van der Waals surface area (Å²) in [7, 11) is 0. The molecule has 8 heteroatoms. The number of esters is 1. The molecule has 2 aromatic rings. The van der Waals surface area contributed by atoms with Crippen molar-refractivity contribution < 1.29 is 23.6 Å². The Hall–Kier alpha value is -3.29. The van der Waals surface area contributed by atoms with Gasteiger partial charge >= 0.3 is 5.97 Å².